The third kappa shape index (κ3) is 4.16. The predicted octanol–water partition coefficient (Wildman–Crippen LogP) is 4.69. The van der Waals surface area contributed by atoms with Crippen LogP contribution in [0, 0.1) is 0 Å². The number of pyridine rings is 2. The fourth-order valence-corrected chi connectivity index (χ4v) is 3.16. The number of halogens is 6. The number of nitrogens with zero attached hydrogens (tertiary/aromatic N) is 4. The number of carbonyl (C=O) groups is 1. The highest BCUT2D eigenvalue weighted by Gasteiger charge is 2.41. The maximum Gasteiger partial charge on any atom is 0.434 e. The van der Waals surface area contributed by atoms with E-state index in [1.165, 1.54) is 6.07 Å². The summed E-state index contributed by atoms with van der Waals surface area (Å²) in [5.74, 6) is -1.52. The van der Waals surface area contributed by atoms with Gasteiger partial charge in [0.25, 0.3) is 5.91 Å². The molecule has 0 aliphatic rings. The first-order valence-electron chi connectivity index (χ1n) is 9.10. The highest BCUT2D eigenvalue weighted by Crippen LogP contribution is 2.36. The Morgan fingerprint density at radius 3 is 2.18 bits per heavy atom. The lowest BCUT2D eigenvalue weighted by atomic mass is 10.1. The SMILES string of the molecule is Nc1ncc(-n2ncc(C(=O)Nc3ccc(C(F)(F)F)cn3)c2C(F)(F)F)c2ccccc12. The van der Waals surface area contributed by atoms with Crippen LogP contribution >= 0.6 is 0 Å². The molecule has 0 saturated carbocycles. The van der Waals surface area contributed by atoms with Crippen molar-refractivity contribution in [2.24, 2.45) is 0 Å². The van der Waals surface area contributed by atoms with Gasteiger partial charge >= 0.3 is 12.4 Å². The summed E-state index contributed by atoms with van der Waals surface area (Å²) in [6.07, 6.45) is -7.42. The lowest BCUT2D eigenvalue weighted by molar-refractivity contribution is -0.143. The zero-order chi connectivity index (χ0) is 24.0. The number of amides is 1. The maximum atomic E-state index is 14.0. The number of nitrogens with two attached hydrogens (primary N) is 1. The zero-order valence-electron chi connectivity index (χ0n) is 16.2. The minimum Gasteiger partial charge on any atom is -0.383 e. The van der Waals surface area contributed by atoms with Crippen LogP contribution in [0.4, 0.5) is 38.0 Å². The van der Waals surface area contributed by atoms with Gasteiger partial charge in [0.2, 0.25) is 0 Å². The van der Waals surface area contributed by atoms with Crippen molar-refractivity contribution in [1.29, 1.82) is 0 Å². The molecule has 170 valence electrons. The van der Waals surface area contributed by atoms with Gasteiger partial charge in [0.1, 0.15) is 11.6 Å². The molecule has 1 aromatic carbocycles. The summed E-state index contributed by atoms with van der Waals surface area (Å²) < 4.78 is 80.4. The zero-order valence-corrected chi connectivity index (χ0v) is 16.2. The van der Waals surface area contributed by atoms with E-state index in [4.69, 9.17) is 5.73 Å². The van der Waals surface area contributed by atoms with Crippen molar-refractivity contribution >= 4 is 28.3 Å². The molecule has 3 N–H and O–H groups in total. The van der Waals surface area contributed by atoms with Gasteiger partial charge < -0.3 is 11.1 Å². The highest BCUT2D eigenvalue weighted by atomic mass is 19.4. The lowest BCUT2D eigenvalue weighted by Gasteiger charge is -2.14. The van der Waals surface area contributed by atoms with Gasteiger partial charge in [-0.25, -0.2) is 14.6 Å². The number of fused-ring (bicyclic) bond motifs is 1. The van der Waals surface area contributed by atoms with Crippen molar-refractivity contribution in [3.63, 3.8) is 0 Å². The van der Waals surface area contributed by atoms with Crippen molar-refractivity contribution < 1.29 is 31.1 Å². The summed E-state index contributed by atoms with van der Waals surface area (Å²) >= 11 is 0. The minimum atomic E-state index is -5.01. The number of aromatic nitrogens is 4. The number of nitrogens with one attached hydrogen (secondary N) is 1. The molecule has 0 atom stereocenters. The molecule has 33 heavy (non-hydrogen) atoms. The van der Waals surface area contributed by atoms with Crippen LogP contribution < -0.4 is 11.1 Å². The molecule has 0 spiro atoms. The van der Waals surface area contributed by atoms with E-state index in [2.05, 4.69) is 20.4 Å². The largest absolute Gasteiger partial charge is 0.434 e. The topological polar surface area (TPSA) is 98.7 Å². The van der Waals surface area contributed by atoms with Crippen LogP contribution in [-0.2, 0) is 12.4 Å². The summed E-state index contributed by atoms with van der Waals surface area (Å²) in [4.78, 5) is 19.9. The predicted molar refractivity (Wildman–Crippen MR) is 105 cm³/mol. The fourth-order valence-electron chi connectivity index (χ4n) is 3.16. The summed E-state index contributed by atoms with van der Waals surface area (Å²) in [5.41, 5.74) is 2.40. The Morgan fingerprint density at radius 2 is 1.58 bits per heavy atom. The number of hydrogen-bond acceptors (Lipinski definition) is 5. The first-order valence-corrected chi connectivity index (χ1v) is 9.10. The summed E-state index contributed by atoms with van der Waals surface area (Å²) in [5, 5.41) is 6.48. The van der Waals surface area contributed by atoms with E-state index >= 15 is 0 Å². The Kier molecular flexibility index (Phi) is 5.18. The Labute approximate surface area is 180 Å². The Morgan fingerprint density at radius 1 is 0.879 bits per heavy atom. The molecule has 13 heteroatoms. The number of nitrogen functional groups attached to an aromatic ring is 1. The molecule has 0 aliphatic carbocycles. The number of benzene rings is 1. The van der Waals surface area contributed by atoms with Gasteiger partial charge in [-0.2, -0.15) is 31.4 Å². The van der Waals surface area contributed by atoms with Crippen molar-refractivity contribution in [2.75, 3.05) is 11.1 Å². The van der Waals surface area contributed by atoms with Crippen LogP contribution in [0.3, 0.4) is 0 Å². The molecule has 0 aliphatic heterocycles. The van der Waals surface area contributed by atoms with Gasteiger partial charge in [-0.05, 0) is 12.1 Å². The van der Waals surface area contributed by atoms with Gasteiger partial charge in [0.15, 0.2) is 5.69 Å². The molecular formula is C20H12F6N6O. The fraction of sp³-hybridized carbons (Fsp3) is 0.100. The maximum absolute atomic E-state index is 14.0. The monoisotopic (exact) mass is 466 g/mol. The van der Waals surface area contributed by atoms with E-state index < -0.39 is 35.1 Å². The number of anilines is 2. The second-order valence-corrected chi connectivity index (χ2v) is 6.77. The van der Waals surface area contributed by atoms with Crippen LogP contribution in [0.2, 0.25) is 0 Å². The molecule has 0 radical (unpaired) electrons. The third-order valence-corrected chi connectivity index (χ3v) is 4.65. The second-order valence-electron chi connectivity index (χ2n) is 6.77. The number of alkyl halides is 6. The van der Waals surface area contributed by atoms with Crippen LogP contribution in [0.5, 0.6) is 0 Å². The number of rotatable bonds is 3. The molecule has 0 unspecified atom stereocenters. The Hall–Kier alpha value is -4.16. The van der Waals surface area contributed by atoms with E-state index in [-0.39, 0.29) is 17.3 Å². The van der Waals surface area contributed by atoms with Gasteiger partial charge in [-0.1, -0.05) is 24.3 Å². The summed E-state index contributed by atoms with van der Waals surface area (Å²) in [6.45, 7) is 0. The van der Waals surface area contributed by atoms with Crippen LogP contribution in [-0.4, -0.2) is 25.7 Å². The smallest absolute Gasteiger partial charge is 0.383 e. The lowest BCUT2D eigenvalue weighted by Crippen LogP contribution is -2.21. The van der Waals surface area contributed by atoms with Gasteiger partial charge in [-0.3, -0.25) is 4.79 Å². The quantitative estimate of drug-likeness (QED) is 0.427. The molecule has 4 rings (SSSR count). The molecule has 0 bridgehead atoms. The molecular weight excluding hydrogens is 454 g/mol. The molecule has 3 aromatic heterocycles. The third-order valence-electron chi connectivity index (χ3n) is 4.65. The first kappa shape index (κ1) is 22.0. The Bertz CT molecular complexity index is 1340. The average Bonchev–Trinajstić information content (AvgIpc) is 3.20. The number of carbonyl (C=O) groups excluding carboxylic acids is 1. The van der Waals surface area contributed by atoms with Gasteiger partial charge in [0, 0.05) is 17.0 Å². The van der Waals surface area contributed by atoms with Crippen molar-refractivity contribution in [3.8, 4) is 5.69 Å². The normalized spacial score (nSPS) is 12.2. The Balaban J connectivity index is 1.76. The van der Waals surface area contributed by atoms with Crippen molar-refractivity contribution in [2.45, 2.75) is 12.4 Å². The molecule has 4 aromatic rings. The minimum absolute atomic E-state index is 0.0705. The van der Waals surface area contributed by atoms with E-state index in [0.717, 1.165) is 12.3 Å². The van der Waals surface area contributed by atoms with E-state index in [1.54, 1.807) is 18.2 Å². The molecule has 3 heterocycles. The number of hydrogen-bond donors (Lipinski definition) is 2. The van der Waals surface area contributed by atoms with Crippen LogP contribution in [0.25, 0.3) is 16.5 Å². The molecule has 7 nitrogen and oxygen atoms in total. The van der Waals surface area contributed by atoms with E-state index in [1.807, 2.05) is 0 Å². The molecule has 0 saturated heterocycles. The van der Waals surface area contributed by atoms with Crippen molar-refractivity contribution in [3.05, 3.63) is 71.8 Å². The second kappa shape index (κ2) is 7.76. The van der Waals surface area contributed by atoms with E-state index in [0.29, 0.717) is 33.9 Å². The average molecular weight is 466 g/mol. The first-order chi connectivity index (χ1) is 15.5. The van der Waals surface area contributed by atoms with Crippen LogP contribution in [0.15, 0.2) is 55.0 Å². The standard InChI is InChI=1S/C20H12F6N6O/c21-19(22,23)10-5-6-15(28-7-10)31-18(33)13-8-30-32(16(13)20(24,25)26)14-9-29-17(27)12-4-2-1-3-11(12)14/h1-9H,(H2,27,29)(H,28,31,33). The molecule has 0 fully saturated rings. The van der Waals surface area contributed by atoms with Crippen LogP contribution in [0.1, 0.15) is 21.6 Å². The van der Waals surface area contributed by atoms with Crippen molar-refractivity contribution in [1.82, 2.24) is 19.7 Å². The summed E-state index contributed by atoms with van der Waals surface area (Å²) in [7, 11) is 0. The summed E-state index contributed by atoms with van der Waals surface area (Å²) in [6, 6.07) is 7.79. The highest BCUT2D eigenvalue weighted by molar-refractivity contribution is 6.05. The van der Waals surface area contributed by atoms with Gasteiger partial charge in [0.05, 0.1) is 29.2 Å². The van der Waals surface area contributed by atoms with Gasteiger partial charge in [-0.15, -0.1) is 0 Å². The molecule has 1 amide bonds. The van der Waals surface area contributed by atoms with E-state index in [9.17, 15) is 31.1 Å².